The molecule has 0 aromatic carbocycles. The van der Waals surface area contributed by atoms with Gasteiger partial charge in [0.15, 0.2) is 0 Å². The maximum Gasteiger partial charge on any atom is 0.330 e. The Kier molecular flexibility index (Phi) is 12.1. The highest BCUT2D eigenvalue weighted by atomic mass is 16.5. The molecule has 5 nitrogen and oxygen atoms in total. The van der Waals surface area contributed by atoms with Crippen molar-refractivity contribution in [1.29, 1.82) is 0 Å². The van der Waals surface area contributed by atoms with E-state index in [0.29, 0.717) is 19.4 Å². The molecule has 1 unspecified atom stereocenters. The van der Waals surface area contributed by atoms with Crippen LogP contribution in [0.3, 0.4) is 0 Å². The lowest BCUT2D eigenvalue weighted by Gasteiger charge is -1.95. The first kappa shape index (κ1) is 19.6. The van der Waals surface area contributed by atoms with Gasteiger partial charge in [-0.05, 0) is 19.8 Å². The summed E-state index contributed by atoms with van der Waals surface area (Å²) in [6, 6.07) is 0. The Morgan fingerprint density at radius 1 is 0.955 bits per heavy atom. The fraction of sp³-hybridized carbons (Fsp3) is 0.353. The van der Waals surface area contributed by atoms with Crippen molar-refractivity contribution < 1.29 is 23.9 Å². The van der Waals surface area contributed by atoms with E-state index in [1.165, 1.54) is 19.3 Å². The second-order valence-electron chi connectivity index (χ2n) is 4.12. The lowest BCUT2D eigenvalue weighted by molar-refractivity contribution is -0.137. The number of hydrogen-bond acceptors (Lipinski definition) is 5. The molecule has 0 heterocycles. The molecule has 0 rings (SSSR count). The van der Waals surface area contributed by atoms with Crippen molar-refractivity contribution in [3.8, 4) is 0 Å². The SMILES string of the molecule is CCOC(=O)C=CCC=CC(C=O)C=CCC=CC(=O)OC. The molecule has 0 saturated heterocycles. The Morgan fingerprint density at radius 2 is 1.50 bits per heavy atom. The number of hydrogen-bond donors (Lipinski definition) is 0. The molecule has 5 heteroatoms. The van der Waals surface area contributed by atoms with Gasteiger partial charge in [0.1, 0.15) is 6.29 Å². The van der Waals surface area contributed by atoms with E-state index >= 15 is 0 Å². The number of carbonyl (C=O) groups excluding carboxylic acids is 3. The van der Waals surface area contributed by atoms with Crippen LogP contribution < -0.4 is 0 Å². The zero-order valence-corrected chi connectivity index (χ0v) is 12.9. The van der Waals surface area contributed by atoms with E-state index in [0.717, 1.165) is 6.29 Å². The molecule has 0 aromatic rings. The third-order valence-electron chi connectivity index (χ3n) is 2.41. The first-order chi connectivity index (χ1) is 10.6. The third-order valence-corrected chi connectivity index (χ3v) is 2.41. The molecule has 0 aliphatic carbocycles. The summed E-state index contributed by atoms with van der Waals surface area (Å²) in [5.74, 6) is -1.11. The van der Waals surface area contributed by atoms with Gasteiger partial charge in [0.2, 0.25) is 0 Å². The first-order valence-corrected chi connectivity index (χ1v) is 7.00. The van der Waals surface area contributed by atoms with Crippen molar-refractivity contribution in [3.05, 3.63) is 48.6 Å². The van der Waals surface area contributed by atoms with Crippen LogP contribution in [-0.2, 0) is 23.9 Å². The van der Waals surface area contributed by atoms with Crippen LogP contribution in [0.15, 0.2) is 48.6 Å². The molecular formula is C17H22O5. The largest absolute Gasteiger partial charge is 0.466 e. The maximum atomic E-state index is 11.0. The molecular weight excluding hydrogens is 284 g/mol. The number of esters is 2. The van der Waals surface area contributed by atoms with Gasteiger partial charge in [-0.3, -0.25) is 0 Å². The predicted molar refractivity (Wildman–Crippen MR) is 84.0 cm³/mol. The molecule has 0 aliphatic heterocycles. The number of methoxy groups -OCH3 is 1. The van der Waals surface area contributed by atoms with Crippen LogP contribution in [0.25, 0.3) is 0 Å². The lowest BCUT2D eigenvalue weighted by Crippen LogP contribution is -1.98. The Morgan fingerprint density at radius 3 is 1.95 bits per heavy atom. The zero-order valence-electron chi connectivity index (χ0n) is 12.9. The fourth-order valence-electron chi connectivity index (χ4n) is 1.37. The Hall–Kier alpha value is -2.43. The summed E-state index contributed by atoms with van der Waals surface area (Å²) < 4.78 is 9.19. The minimum absolute atomic E-state index is 0.331. The summed E-state index contributed by atoms with van der Waals surface area (Å²) >= 11 is 0. The van der Waals surface area contributed by atoms with E-state index in [-0.39, 0.29) is 11.9 Å². The molecule has 120 valence electrons. The summed E-state index contributed by atoms with van der Waals surface area (Å²) in [5, 5.41) is 0. The summed E-state index contributed by atoms with van der Waals surface area (Å²) in [4.78, 5) is 32.7. The number of aldehydes is 1. The van der Waals surface area contributed by atoms with Gasteiger partial charge in [0.05, 0.1) is 19.6 Å². The minimum Gasteiger partial charge on any atom is -0.466 e. The van der Waals surface area contributed by atoms with Crippen LogP contribution in [0, 0.1) is 5.92 Å². The minimum atomic E-state index is -0.409. The highest BCUT2D eigenvalue weighted by Gasteiger charge is 1.95. The Bertz CT molecular complexity index is 458. The van der Waals surface area contributed by atoms with Gasteiger partial charge in [-0.15, -0.1) is 0 Å². The molecule has 0 fully saturated rings. The van der Waals surface area contributed by atoms with Gasteiger partial charge in [-0.1, -0.05) is 36.5 Å². The average Bonchev–Trinajstić information content (AvgIpc) is 2.52. The predicted octanol–water partition coefficient (Wildman–Crippen LogP) is 2.54. The van der Waals surface area contributed by atoms with Gasteiger partial charge < -0.3 is 14.3 Å². The van der Waals surface area contributed by atoms with E-state index in [1.54, 1.807) is 43.4 Å². The molecule has 0 spiro atoms. The number of allylic oxidation sites excluding steroid dienone is 6. The number of carbonyl (C=O) groups is 3. The second kappa shape index (κ2) is 13.5. The molecule has 0 bridgehead atoms. The molecule has 0 aromatic heterocycles. The Balaban J connectivity index is 4.12. The van der Waals surface area contributed by atoms with Crippen molar-refractivity contribution in [2.24, 2.45) is 5.92 Å². The van der Waals surface area contributed by atoms with Crippen LogP contribution >= 0.6 is 0 Å². The smallest absolute Gasteiger partial charge is 0.330 e. The third kappa shape index (κ3) is 11.4. The van der Waals surface area contributed by atoms with Gasteiger partial charge >= 0.3 is 11.9 Å². The van der Waals surface area contributed by atoms with Crippen LogP contribution in [0.4, 0.5) is 0 Å². The van der Waals surface area contributed by atoms with E-state index < -0.39 is 5.97 Å². The molecule has 0 radical (unpaired) electrons. The highest BCUT2D eigenvalue weighted by molar-refractivity contribution is 5.82. The summed E-state index contributed by atoms with van der Waals surface area (Å²) in [6.45, 7) is 2.09. The monoisotopic (exact) mass is 306 g/mol. The molecule has 0 aliphatic rings. The second-order valence-corrected chi connectivity index (χ2v) is 4.12. The lowest BCUT2D eigenvalue weighted by atomic mass is 10.1. The molecule has 0 N–H and O–H groups in total. The van der Waals surface area contributed by atoms with Crippen molar-refractivity contribution in [2.75, 3.05) is 13.7 Å². The van der Waals surface area contributed by atoms with E-state index in [1.807, 2.05) is 0 Å². The van der Waals surface area contributed by atoms with E-state index in [2.05, 4.69) is 4.74 Å². The summed E-state index contributed by atoms with van der Waals surface area (Å²) in [7, 11) is 1.31. The summed E-state index contributed by atoms with van der Waals surface area (Å²) in [5.41, 5.74) is 0. The van der Waals surface area contributed by atoms with Gasteiger partial charge in [0, 0.05) is 12.2 Å². The fourth-order valence-corrected chi connectivity index (χ4v) is 1.37. The maximum absolute atomic E-state index is 11.0. The van der Waals surface area contributed by atoms with E-state index in [4.69, 9.17) is 4.74 Å². The highest BCUT2D eigenvalue weighted by Crippen LogP contribution is 2.01. The van der Waals surface area contributed by atoms with E-state index in [9.17, 15) is 14.4 Å². The van der Waals surface area contributed by atoms with Crippen LogP contribution in [0.5, 0.6) is 0 Å². The quantitative estimate of drug-likeness (QED) is 0.268. The Labute approximate surface area is 131 Å². The van der Waals surface area contributed by atoms with Crippen LogP contribution in [0.1, 0.15) is 19.8 Å². The standard InChI is InChI=1S/C17H22O5/c1-3-22-17(20)13-9-5-7-11-15(14-18)10-6-4-8-12-16(19)21-2/h6-15H,3-5H2,1-2H3. The van der Waals surface area contributed by atoms with Gasteiger partial charge in [-0.25, -0.2) is 9.59 Å². The normalized spacial score (nSPS) is 13.2. The average molecular weight is 306 g/mol. The van der Waals surface area contributed by atoms with Crippen molar-refractivity contribution in [1.82, 2.24) is 0 Å². The van der Waals surface area contributed by atoms with Gasteiger partial charge in [0.25, 0.3) is 0 Å². The van der Waals surface area contributed by atoms with Crippen LogP contribution in [0.2, 0.25) is 0 Å². The van der Waals surface area contributed by atoms with Crippen molar-refractivity contribution >= 4 is 18.2 Å². The first-order valence-electron chi connectivity index (χ1n) is 7.00. The molecule has 22 heavy (non-hydrogen) atoms. The van der Waals surface area contributed by atoms with Gasteiger partial charge in [-0.2, -0.15) is 0 Å². The molecule has 0 amide bonds. The summed E-state index contributed by atoms with van der Waals surface area (Å²) in [6.07, 6.45) is 15.0. The number of rotatable bonds is 10. The topological polar surface area (TPSA) is 69.7 Å². The van der Waals surface area contributed by atoms with Crippen molar-refractivity contribution in [2.45, 2.75) is 19.8 Å². The molecule has 0 saturated carbocycles. The molecule has 1 atom stereocenters. The number of ether oxygens (including phenoxy) is 2. The van der Waals surface area contributed by atoms with Crippen molar-refractivity contribution in [3.63, 3.8) is 0 Å². The van der Waals surface area contributed by atoms with Crippen LogP contribution in [-0.4, -0.2) is 31.9 Å². The zero-order chi connectivity index (χ0) is 16.6.